The summed E-state index contributed by atoms with van der Waals surface area (Å²) >= 11 is 3.38. The number of nitrogens with zero attached hydrogens (tertiary/aromatic N) is 1. The molecule has 1 atom stereocenters. The maximum Gasteiger partial charge on any atom is 0.234 e. The summed E-state index contributed by atoms with van der Waals surface area (Å²) < 4.78 is 14.3. The Kier molecular flexibility index (Phi) is 3.57. The molecule has 0 aromatic heterocycles. The Bertz CT molecular complexity index is 641. The molecule has 1 unspecified atom stereocenters. The summed E-state index contributed by atoms with van der Waals surface area (Å²) in [5.41, 5.74) is 1.65. The Morgan fingerprint density at radius 2 is 1.90 bits per heavy atom. The van der Waals surface area contributed by atoms with Gasteiger partial charge in [0, 0.05) is 16.7 Å². The molecule has 4 heteroatoms. The van der Waals surface area contributed by atoms with Gasteiger partial charge in [-0.1, -0.05) is 28.1 Å². The average Bonchev–Trinajstić information content (AvgIpc) is 2.82. The van der Waals surface area contributed by atoms with E-state index in [0.717, 1.165) is 22.1 Å². The van der Waals surface area contributed by atoms with Crippen molar-refractivity contribution in [2.24, 2.45) is 0 Å². The summed E-state index contributed by atoms with van der Waals surface area (Å²) in [5, 5.41) is 0. The summed E-state index contributed by atoms with van der Waals surface area (Å²) in [6.45, 7) is 0.668. The third-order valence-electron chi connectivity index (χ3n) is 3.59. The van der Waals surface area contributed by atoms with Crippen molar-refractivity contribution >= 4 is 27.5 Å². The average molecular weight is 334 g/mol. The molecule has 0 spiro atoms. The fraction of sp³-hybridized carbons (Fsp3) is 0.188. The first-order valence-electron chi connectivity index (χ1n) is 6.47. The molecule has 1 aliphatic heterocycles. The lowest BCUT2D eigenvalue weighted by atomic mass is 9.98. The van der Waals surface area contributed by atoms with Gasteiger partial charge in [0.1, 0.15) is 5.82 Å². The molecule has 1 fully saturated rings. The van der Waals surface area contributed by atoms with Gasteiger partial charge in [-0.05, 0) is 48.4 Å². The SMILES string of the molecule is O=C1C(c2cccc(F)c2)CCN1c1ccc(Br)cc1. The van der Waals surface area contributed by atoms with E-state index in [0.29, 0.717) is 6.54 Å². The van der Waals surface area contributed by atoms with Crippen LogP contribution in [-0.2, 0) is 4.79 Å². The van der Waals surface area contributed by atoms with Crippen LogP contribution in [0.4, 0.5) is 10.1 Å². The van der Waals surface area contributed by atoms with Crippen LogP contribution in [0.1, 0.15) is 17.9 Å². The smallest absolute Gasteiger partial charge is 0.234 e. The Balaban J connectivity index is 1.85. The fourth-order valence-corrected chi connectivity index (χ4v) is 2.85. The Morgan fingerprint density at radius 1 is 1.15 bits per heavy atom. The fourth-order valence-electron chi connectivity index (χ4n) is 2.59. The van der Waals surface area contributed by atoms with Crippen LogP contribution in [0.2, 0.25) is 0 Å². The minimum atomic E-state index is -0.294. The van der Waals surface area contributed by atoms with Gasteiger partial charge in [0.15, 0.2) is 0 Å². The Labute approximate surface area is 125 Å². The van der Waals surface area contributed by atoms with E-state index < -0.39 is 0 Å². The van der Waals surface area contributed by atoms with Crippen molar-refractivity contribution in [3.63, 3.8) is 0 Å². The molecule has 2 aromatic rings. The number of hydrogen-bond acceptors (Lipinski definition) is 1. The van der Waals surface area contributed by atoms with Gasteiger partial charge in [0.05, 0.1) is 5.92 Å². The molecular weight excluding hydrogens is 321 g/mol. The molecule has 1 saturated heterocycles. The van der Waals surface area contributed by atoms with E-state index in [4.69, 9.17) is 0 Å². The number of anilines is 1. The maximum absolute atomic E-state index is 13.3. The molecule has 0 saturated carbocycles. The van der Waals surface area contributed by atoms with Crippen molar-refractivity contribution in [1.82, 2.24) is 0 Å². The largest absolute Gasteiger partial charge is 0.312 e. The van der Waals surface area contributed by atoms with Crippen molar-refractivity contribution in [2.45, 2.75) is 12.3 Å². The first-order valence-corrected chi connectivity index (χ1v) is 7.27. The molecule has 2 aromatic carbocycles. The summed E-state index contributed by atoms with van der Waals surface area (Å²) in [7, 11) is 0. The Morgan fingerprint density at radius 3 is 2.60 bits per heavy atom. The standard InChI is InChI=1S/C16H13BrFNO/c17-12-4-6-14(7-5-12)19-9-8-15(16(19)20)11-2-1-3-13(18)10-11/h1-7,10,15H,8-9H2. The molecule has 3 rings (SSSR count). The quantitative estimate of drug-likeness (QED) is 0.809. The third-order valence-corrected chi connectivity index (χ3v) is 4.12. The van der Waals surface area contributed by atoms with Crippen LogP contribution in [0, 0.1) is 5.82 Å². The first kappa shape index (κ1) is 13.3. The van der Waals surface area contributed by atoms with E-state index in [9.17, 15) is 9.18 Å². The first-order chi connectivity index (χ1) is 9.65. The minimum Gasteiger partial charge on any atom is -0.312 e. The van der Waals surface area contributed by atoms with Crippen LogP contribution < -0.4 is 4.90 Å². The van der Waals surface area contributed by atoms with E-state index >= 15 is 0 Å². The van der Waals surface area contributed by atoms with Gasteiger partial charge in [0.2, 0.25) is 5.91 Å². The molecule has 20 heavy (non-hydrogen) atoms. The van der Waals surface area contributed by atoms with Crippen molar-refractivity contribution in [3.05, 3.63) is 64.4 Å². The normalized spacial score (nSPS) is 18.6. The highest BCUT2D eigenvalue weighted by Gasteiger charge is 2.33. The van der Waals surface area contributed by atoms with E-state index in [2.05, 4.69) is 15.9 Å². The van der Waals surface area contributed by atoms with Crippen molar-refractivity contribution in [2.75, 3.05) is 11.4 Å². The number of carbonyl (C=O) groups is 1. The van der Waals surface area contributed by atoms with Crippen molar-refractivity contribution < 1.29 is 9.18 Å². The van der Waals surface area contributed by atoms with Crippen LogP contribution in [0.5, 0.6) is 0 Å². The predicted octanol–water partition coefficient (Wildman–Crippen LogP) is 4.11. The van der Waals surface area contributed by atoms with Crippen LogP contribution in [0.3, 0.4) is 0 Å². The lowest BCUT2D eigenvalue weighted by molar-refractivity contribution is -0.118. The molecule has 1 amide bonds. The molecule has 0 bridgehead atoms. The van der Waals surface area contributed by atoms with Crippen molar-refractivity contribution in [1.29, 1.82) is 0 Å². The predicted molar refractivity (Wildman–Crippen MR) is 80.3 cm³/mol. The number of carbonyl (C=O) groups excluding carboxylic acids is 1. The molecule has 1 aliphatic rings. The van der Waals surface area contributed by atoms with Gasteiger partial charge in [-0.25, -0.2) is 4.39 Å². The van der Waals surface area contributed by atoms with Crippen LogP contribution in [0.25, 0.3) is 0 Å². The highest BCUT2D eigenvalue weighted by molar-refractivity contribution is 9.10. The summed E-state index contributed by atoms with van der Waals surface area (Å²) in [6.07, 6.45) is 0.721. The van der Waals surface area contributed by atoms with E-state index in [1.165, 1.54) is 12.1 Å². The van der Waals surface area contributed by atoms with E-state index in [1.807, 2.05) is 30.3 Å². The van der Waals surface area contributed by atoms with Crippen LogP contribution in [-0.4, -0.2) is 12.5 Å². The van der Waals surface area contributed by atoms with Crippen LogP contribution in [0.15, 0.2) is 53.0 Å². The minimum absolute atomic E-state index is 0.0397. The van der Waals surface area contributed by atoms with Gasteiger partial charge in [0.25, 0.3) is 0 Å². The zero-order chi connectivity index (χ0) is 14.1. The summed E-state index contributed by atoms with van der Waals surface area (Å²) in [5.74, 6) is -0.496. The van der Waals surface area contributed by atoms with Crippen molar-refractivity contribution in [3.8, 4) is 0 Å². The summed E-state index contributed by atoms with van der Waals surface area (Å²) in [4.78, 5) is 14.3. The molecule has 0 N–H and O–H groups in total. The molecule has 0 aliphatic carbocycles. The van der Waals surface area contributed by atoms with Gasteiger partial charge in [-0.2, -0.15) is 0 Å². The van der Waals surface area contributed by atoms with Crippen LogP contribution >= 0.6 is 15.9 Å². The lowest BCUT2D eigenvalue weighted by Crippen LogP contribution is -2.26. The van der Waals surface area contributed by atoms with E-state index in [1.54, 1.807) is 11.0 Å². The molecular formula is C16H13BrFNO. The zero-order valence-electron chi connectivity index (χ0n) is 10.7. The van der Waals surface area contributed by atoms with Gasteiger partial charge in [-0.15, -0.1) is 0 Å². The zero-order valence-corrected chi connectivity index (χ0v) is 12.3. The van der Waals surface area contributed by atoms with Gasteiger partial charge >= 0.3 is 0 Å². The maximum atomic E-state index is 13.3. The highest BCUT2D eigenvalue weighted by atomic mass is 79.9. The second kappa shape index (κ2) is 5.37. The molecule has 2 nitrogen and oxygen atoms in total. The topological polar surface area (TPSA) is 20.3 Å². The monoisotopic (exact) mass is 333 g/mol. The third kappa shape index (κ3) is 2.48. The number of halogens is 2. The number of benzene rings is 2. The lowest BCUT2D eigenvalue weighted by Gasteiger charge is -2.17. The number of hydrogen-bond donors (Lipinski definition) is 0. The molecule has 1 heterocycles. The molecule has 0 radical (unpaired) electrons. The number of amides is 1. The van der Waals surface area contributed by atoms with Gasteiger partial charge in [-0.3, -0.25) is 4.79 Å². The second-order valence-electron chi connectivity index (χ2n) is 4.86. The highest BCUT2D eigenvalue weighted by Crippen LogP contribution is 2.32. The Hall–Kier alpha value is -1.68. The second-order valence-corrected chi connectivity index (χ2v) is 5.78. The number of rotatable bonds is 2. The summed E-state index contributed by atoms with van der Waals surface area (Å²) in [6, 6.07) is 14.0. The molecule has 102 valence electrons. The van der Waals surface area contributed by atoms with Gasteiger partial charge < -0.3 is 4.90 Å². The van der Waals surface area contributed by atoms with E-state index in [-0.39, 0.29) is 17.6 Å².